The lowest BCUT2D eigenvalue weighted by molar-refractivity contribution is -0.141. The minimum absolute atomic E-state index is 0.104. The van der Waals surface area contributed by atoms with E-state index in [0.717, 1.165) is 0 Å². The van der Waals surface area contributed by atoms with Crippen LogP contribution in [0.1, 0.15) is 12.8 Å². The van der Waals surface area contributed by atoms with Gasteiger partial charge in [0.05, 0.1) is 25.4 Å². The van der Waals surface area contributed by atoms with Crippen molar-refractivity contribution in [1.82, 2.24) is 5.32 Å². The molecule has 1 rings (SSSR count). The van der Waals surface area contributed by atoms with Crippen molar-refractivity contribution in [3.63, 3.8) is 0 Å². The van der Waals surface area contributed by atoms with E-state index in [9.17, 15) is 14.4 Å². The Labute approximate surface area is 86.6 Å². The summed E-state index contributed by atoms with van der Waals surface area (Å²) in [7, 11) is 1.27. The van der Waals surface area contributed by atoms with E-state index in [-0.39, 0.29) is 18.9 Å². The summed E-state index contributed by atoms with van der Waals surface area (Å²) in [4.78, 5) is 32.4. The van der Waals surface area contributed by atoms with Crippen LogP contribution >= 0.6 is 0 Å². The molecule has 0 aromatic rings. The van der Waals surface area contributed by atoms with Crippen molar-refractivity contribution in [1.29, 1.82) is 0 Å². The van der Waals surface area contributed by atoms with E-state index in [0.29, 0.717) is 6.42 Å². The van der Waals surface area contributed by atoms with Crippen LogP contribution in [0.5, 0.6) is 0 Å². The number of methoxy groups -OCH3 is 1. The van der Waals surface area contributed by atoms with Crippen LogP contribution in [0, 0.1) is 11.8 Å². The van der Waals surface area contributed by atoms with Crippen molar-refractivity contribution < 1.29 is 24.2 Å². The molecule has 0 aromatic heterocycles. The first-order chi connectivity index (χ1) is 7.06. The number of rotatable bonds is 5. The molecule has 1 saturated carbocycles. The number of carbonyl (C=O) groups excluding carboxylic acids is 2. The number of carboxylic acids is 1. The highest BCUT2D eigenvalue weighted by Gasteiger charge is 2.48. The predicted octanol–water partition coefficient (Wildman–Crippen LogP) is -0.614. The molecule has 1 aliphatic carbocycles. The zero-order valence-electron chi connectivity index (χ0n) is 8.36. The van der Waals surface area contributed by atoms with Gasteiger partial charge < -0.3 is 15.2 Å². The third kappa shape index (κ3) is 3.23. The van der Waals surface area contributed by atoms with Gasteiger partial charge in [-0.2, -0.15) is 0 Å². The molecule has 1 aliphatic rings. The number of nitrogens with one attached hydrogen (secondary N) is 1. The summed E-state index contributed by atoms with van der Waals surface area (Å²) in [6.07, 6.45) is 0.492. The molecular formula is C9H13NO5. The van der Waals surface area contributed by atoms with Crippen LogP contribution < -0.4 is 5.32 Å². The minimum atomic E-state index is -0.942. The fraction of sp³-hybridized carbons (Fsp3) is 0.667. The summed E-state index contributed by atoms with van der Waals surface area (Å²) in [5.74, 6) is -2.63. The van der Waals surface area contributed by atoms with Gasteiger partial charge in [0.15, 0.2) is 0 Å². The Morgan fingerprint density at radius 1 is 1.40 bits per heavy atom. The molecule has 0 heterocycles. The maximum atomic E-state index is 11.3. The van der Waals surface area contributed by atoms with Crippen LogP contribution in [0.2, 0.25) is 0 Å². The Balaban J connectivity index is 2.16. The van der Waals surface area contributed by atoms with Gasteiger partial charge in [-0.3, -0.25) is 14.4 Å². The second kappa shape index (κ2) is 4.77. The number of hydrogen-bond acceptors (Lipinski definition) is 4. The fourth-order valence-electron chi connectivity index (χ4n) is 1.28. The Morgan fingerprint density at radius 3 is 2.53 bits per heavy atom. The summed E-state index contributed by atoms with van der Waals surface area (Å²) < 4.78 is 4.38. The summed E-state index contributed by atoms with van der Waals surface area (Å²) >= 11 is 0. The number of carboxylic acid groups (broad SMARTS) is 1. The normalized spacial score (nSPS) is 23.0. The molecule has 0 spiro atoms. The van der Waals surface area contributed by atoms with Crippen molar-refractivity contribution in [3.8, 4) is 0 Å². The highest BCUT2D eigenvalue weighted by Crippen LogP contribution is 2.38. The smallest absolute Gasteiger partial charge is 0.307 e. The van der Waals surface area contributed by atoms with Gasteiger partial charge in [0.2, 0.25) is 5.91 Å². The third-order valence-corrected chi connectivity index (χ3v) is 2.30. The summed E-state index contributed by atoms with van der Waals surface area (Å²) in [6, 6.07) is 0. The zero-order chi connectivity index (χ0) is 11.4. The van der Waals surface area contributed by atoms with Gasteiger partial charge in [-0.05, 0) is 6.42 Å². The van der Waals surface area contributed by atoms with Crippen LogP contribution in [0.3, 0.4) is 0 Å². The first-order valence-corrected chi connectivity index (χ1v) is 4.63. The molecule has 0 unspecified atom stereocenters. The van der Waals surface area contributed by atoms with Crippen LogP contribution in [-0.2, 0) is 19.1 Å². The van der Waals surface area contributed by atoms with Crippen LogP contribution in [0.4, 0.5) is 0 Å². The average molecular weight is 215 g/mol. The van der Waals surface area contributed by atoms with Crippen molar-refractivity contribution in [3.05, 3.63) is 0 Å². The summed E-state index contributed by atoms with van der Waals surface area (Å²) in [5, 5.41) is 11.1. The molecule has 0 aromatic carbocycles. The standard InChI is InChI=1S/C9H13NO5/c1-15-7(11)2-3-10-8(12)5-4-6(5)9(13)14/h5-6H,2-4H2,1H3,(H,10,12)(H,13,14)/t5-,6+/m1/s1. The van der Waals surface area contributed by atoms with Gasteiger partial charge in [0, 0.05) is 6.54 Å². The lowest BCUT2D eigenvalue weighted by atomic mass is 10.3. The fourth-order valence-corrected chi connectivity index (χ4v) is 1.28. The third-order valence-electron chi connectivity index (χ3n) is 2.30. The van der Waals surface area contributed by atoms with E-state index in [1.165, 1.54) is 7.11 Å². The number of esters is 1. The van der Waals surface area contributed by atoms with Crippen molar-refractivity contribution in [2.45, 2.75) is 12.8 Å². The second-order valence-corrected chi connectivity index (χ2v) is 3.40. The topological polar surface area (TPSA) is 92.7 Å². The SMILES string of the molecule is COC(=O)CCNC(=O)[C@@H]1C[C@@H]1C(=O)O. The number of aliphatic carboxylic acids is 1. The molecule has 2 atom stereocenters. The number of hydrogen-bond donors (Lipinski definition) is 2. The van der Waals surface area contributed by atoms with Crippen LogP contribution in [-0.4, -0.2) is 36.6 Å². The summed E-state index contributed by atoms with van der Waals surface area (Å²) in [6.45, 7) is 0.189. The van der Waals surface area contributed by atoms with Crippen molar-refractivity contribution in [2.24, 2.45) is 11.8 Å². The quantitative estimate of drug-likeness (QED) is 0.596. The molecule has 1 fully saturated rings. The Kier molecular flexibility index (Phi) is 3.65. The second-order valence-electron chi connectivity index (χ2n) is 3.40. The van der Waals surface area contributed by atoms with E-state index in [1.807, 2.05) is 0 Å². The number of ether oxygens (including phenoxy) is 1. The highest BCUT2D eigenvalue weighted by atomic mass is 16.5. The Hall–Kier alpha value is -1.59. The lowest BCUT2D eigenvalue weighted by Gasteiger charge is -2.02. The monoisotopic (exact) mass is 215 g/mol. The maximum absolute atomic E-state index is 11.3. The van der Waals surface area contributed by atoms with Crippen molar-refractivity contribution >= 4 is 17.8 Å². The molecular weight excluding hydrogens is 202 g/mol. The first kappa shape index (κ1) is 11.5. The Morgan fingerprint density at radius 2 is 2.07 bits per heavy atom. The molecule has 0 aliphatic heterocycles. The highest BCUT2D eigenvalue weighted by molar-refractivity contribution is 5.89. The van der Waals surface area contributed by atoms with E-state index >= 15 is 0 Å². The van der Waals surface area contributed by atoms with Gasteiger partial charge in [-0.25, -0.2) is 0 Å². The van der Waals surface area contributed by atoms with E-state index in [2.05, 4.69) is 10.1 Å². The molecule has 6 heteroatoms. The van der Waals surface area contributed by atoms with Crippen molar-refractivity contribution in [2.75, 3.05) is 13.7 Å². The molecule has 15 heavy (non-hydrogen) atoms. The molecule has 84 valence electrons. The van der Waals surface area contributed by atoms with Gasteiger partial charge in [0.1, 0.15) is 0 Å². The van der Waals surface area contributed by atoms with Gasteiger partial charge in [-0.15, -0.1) is 0 Å². The Bertz CT molecular complexity index is 288. The van der Waals surface area contributed by atoms with Gasteiger partial charge >= 0.3 is 11.9 Å². The lowest BCUT2D eigenvalue weighted by Crippen LogP contribution is -2.28. The van der Waals surface area contributed by atoms with Gasteiger partial charge in [-0.1, -0.05) is 0 Å². The molecule has 0 radical (unpaired) electrons. The van der Waals surface area contributed by atoms with Crippen LogP contribution in [0.25, 0.3) is 0 Å². The molecule has 2 N–H and O–H groups in total. The first-order valence-electron chi connectivity index (χ1n) is 4.63. The molecule has 0 saturated heterocycles. The van der Waals surface area contributed by atoms with E-state index < -0.39 is 23.8 Å². The maximum Gasteiger partial charge on any atom is 0.307 e. The molecule has 0 bridgehead atoms. The molecule has 1 amide bonds. The van der Waals surface area contributed by atoms with Gasteiger partial charge in [0.25, 0.3) is 0 Å². The average Bonchev–Trinajstić information content (AvgIpc) is 2.96. The summed E-state index contributed by atoms with van der Waals surface area (Å²) in [5.41, 5.74) is 0. The van der Waals surface area contributed by atoms with Crippen LogP contribution in [0.15, 0.2) is 0 Å². The minimum Gasteiger partial charge on any atom is -0.481 e. The van der Waals surface area contributed by atoms with E-state index in [1.54, 1.807) is 0 Å². The molecule has 6 nitrogen and oxygen atoms in total. The van der Waals surface area contributed by atoms with E-state index in [4.69, 9.17) is 5.11 Å². The zero-order valence-corrected chi connectivity index (χ0v) is 8.36. The predicted molar refractivity (Wildman–Crippen MR) is 48.9 cm³/mol. The largest absolute Gasteiger partial charge is 0.481 e. The number of carbonyl (C=O) groups is 3. The number of amides is 1.